The Labute approximate surface area is 475 Å². The molecule has 1 amide bonds. The third-order valence-electron chi connectivity index (χ3n) is 17.4. The fourth-order valence-electron chi connectivity index (χ4n) is 12.9. The van der Waals surface area contributed by atoms with Crippen LogP contribution < -0.4 is 5.32 Å². The number of rotatable bonds is 23. The van der Waals surface area contributed by atoms with Crippen molar-refractivity contribution < 1.29 is 52.6 Å². The molecule has 2 saturated heterocycles. The second kappa shape index (κ2) is 28.2. The average Bonchev–Trinajstić information content (AvgIpc) is 3.47. The van der Waals surface area contributed by atoms with Gasteiger partial charge in [-0.25, -0.2) is 0 Å². The van der Waals surface area contributed by atoms with Gasteiger partial charge in [-0.3, -0.25) is 9.59 Å². The Bertz CT molecular complexity index is 2610. The van der Waals surface area contributed by atoms with Gasteiger partial charge in [0.15, 0.2) is 18.4 Å². The minimum atomic E-state index is -1.38. The molecule has 12 heteroatoms. The zero-order chi connectivity index (χ0) is 56.2. The van der Waals surface area contributed by atoms with Crippen LogP contribution in [0.1, 0.15) is 133 Å². The number of Topliss-reactive ketones (excluding diaryl/α,β-unsaturated/α-hetero) is 1. The van der Waals surface area contributed by atoms with Gasteiger partial charge in [0.2, 0.25) is 5.91 Å². The van der Waals surface area contributed by atoms with Gasteiger partial charge in [0.25, 0.3) is 0 Å². The highest BCUT2D eigenvalue weighted by atomic mass is 16.7. The Morgan fingerprint density at radius 3 is 1.79 bits per heavy atom. The maximum atomic E-state index is 13.8. The van der Waals surface area contributed by atoms with Crippen LogP contribution in [0.25, 0.3) is 0 Å². The van der Waals surface area contributed by atoms with Gasteiger partial charge in [0.05, 0.1) is 44.2 Å². The van der Waals surface area contributed by atoms with Gasteiger partial charge in [0.1, 0.15) is 42.2 Å². The van der Waals surface area contributed by atoms with Gasteiger partial charge in [-0.1, -0.05) is 210 Å². The van der Waals surface area contributed by atoms with E-state index >= 15 is 0 Å². The Morgan fingerprint density at radius 2 is 1.23 bits per heavy atom. The lowest BCUT2D eigenvalue weighted by molar-refractivity contribution is -0.343. The molecule has 80 heavy (non-hydrogen) atoms. The van der Waals surface area contributed by atoms with Gasteiger partial charge in [-0.2, -0.15) is 0 Å². The monoisotopic (exact) mass is 1090 g/mol. The van der Waals surface area contributed by atoms with Crippen molar-refractivity contribution in [2.24, 2.45) is 23.7 Å². The van der Waals surface area contributed by atoms with Crippen LogP contribution in [0.4, 0.5) is 0 Å². The normalized spacial score (nSPS) is 29.9. The van der Waals surface area contributed by atoms with Crippen molar-refractivity contribution in [3.63, 3.8) is 0 Å². The van der Waals surface area contributed by atoms with E-state index in [4.69, 9.17) is 37.9 Å². The Hall–Kier alpha value is -5.12. The number of hydrogen-bond donors (Lipinski definition) is 2. The molecule has 4 aliphatic rings. The van der Waals surface area contributed by atoms with E-state index in [1.54, 1.807) is 6.92 Å². The topological polar surface area (TPSA) is 140 Å². The van der Waals surface area contributed by atoms with Crippen LogP contribution in [0.2, 0.25) is 0 Å². The third kappa shape index (κ3) is 14.5. The summed E-state index contributed by atoms with van der Waals surface area (Å²) in [7, 11) is 0. The maximum absolute atomic E-state index is 13.8. The number of carbonyl (C=O) groups excluding carboxylic acids is 2. The molecule has 4 fully saturated rings. The van der Waals surface area contributed by atoms with E-state index in [2.05, 4.69) is 101 Å². The number of ketones is 1. The molecule has 2 saturated carbocycles. The van der Waals surface area contributed by atoms with Crippen molar-refractivity contribution in [3.8, 4) is 0 Å². The van der Waals surface area contributed by atoms with Crippen molar-refractivity contribution in [1.82, 2.24) is 5.32 Å². The van der Waals surface area contributed by atoms with E-state index in [9.17, 15) is 14.7 Å². The standard InChI is InChI=1S/C68H87NO11/c1-8-53-38-45(3)39-58(63(53)80-67-65(74-42-52-28-18-11-19-29-52)62(46(4)48(6)76-67)73-41-51-26-16-10-17-27-51)78-66-60(69-49(7)71)64(77-57(47(5)70)40-50-24-14-9-15-25-50)61(72)59(79-66)43-75-68(54-30-20-12-21-31-54,55-32-22-13-23-33-55)56-36-34-44(2)35-37-56/h10-13,16-23,26-37,45-46,48,50,53,57-67,72H,8-9,14-15,24-25,38-43H2,1-7H3,(H,69,71)/t45?,46-,48?,53?,57+,58-,59+,60?,61+,62+,63-,64?,65?,66-,67+/m1/s1. The van der Waals surface area contributed by atoms with Gasteiger partial charge in [-0.05, 0) is 85.6 Å². The van der Waals surface area contributed by atoms with Crippen LogP contribution in [0.3, 0.4) is 0 Å². The molecule has 0 radical (unpaired) electrons. The van der Waals surface area contributed by atoms with E-state index in [0.29, 0.717) is 26.1 Å². The number of aliphatic hydroxyl groups is 1. The summed E-state index contributed by atoms with van der Waals surface area (Å²) in [6.45, 7) is 14.2. The Balaban J connectivity index is 1.08. The molecule has 2 aliphatic carbocycles. The third-order valence-corrected chi connectivity index (χ3v) is 17.4. The highest BCUT2D eigenvalue weighted by molar-refractivity contribution is 5.80. The van der Waals surface area contributed by atoms with E-state index < -0.39 is 67.0 Å². The van der Waals surface area contributed by atoms with E-state index in [1.165, 1.54) is 13.3 Å². The summed E-state index contributed by atoms with van der Waals surface area (Å²) in [6.07, 6.45) is -0.700. The fourth-order valence-corrected chi connectivity index (χ4v) is 12.9. The number of amides is 1. The molecule has 2 N–H and O–H groups in total. The number of aryl methyl sites for hydroxylation is 1. The average molecular weight is 1090 g/mol. The first-order chi connectivity index (χ1) is 38.8. The summed E-state index contributed by atoms with van der Waals surface area (Å²) >= 11 is 0. The Kier molecular flexibility index (Phi) is 21.0. The molecule has 430 valence electrons. The van der Waals surface area contributed by atoms with Gasteiger partial charge in [0, 0.05) is 12.8 Å². The van der Waals surface area contributed by atoms with Gasteiger partial charge >= 0.3 is 0 Å². The van der Waals surface area contributed by atoms with Crippen LogP contribution in [-0.4, -0.2) is 97.0 Å². The predicted molar refractivity (Wildman–Crippen MR) is 308 cm³/mol. The summed E-state index contributed by atoms with van der Waals surface area (Å²) in [6, 6.07) is 47.7. The van der Waals surface area contributed by atoms with E-state index in [0.717, 1.165) is 71.9 Å². The van der Waals surface area contributed by atoms with E-state index in [1.807, 2.05) is 84.9 Å². The first-order valence-corrected chi connectivity index (χ1v) is 29.7. The molecule has 0 aromatic heterocycles. The lowest BCUT2D eigenvalue weighted by atomic mass is 9.77. The number of carbonyl (C=O) groups is 2. The molecular weight excluding hydrogens is 1010 g/mol. The summed E-state index contributed by atoms with van der Waals surface area (Å²) in [4.78, 5) is 27.4. The number of ether oxygens (including phenoxy) is 8. The van der Waals surface area contributed by atoms with Crippen LogP contribution in [0.5, 0.6) is 0 Å². The van der Waals surface area contributed by atoms with Crippen LogP contribution >= 0.6 is 0 Å². The van der Waals surface area contributed by atoms with Crippen molar-refractivity contribution in [3.05, 3.63) is 179 Å². The highest BCUT2D eigenvalue weighted by Gasteiger charge is 2.53. The Morgan fingerprint density at radius 1 is 0.662 bits per heavy atom. The minimum absolute atomic E-state index is 0.0319. The smallest absolute Gasteiger partial charge is 0.217 e. The summed E-state index contributed by atoms with van der Waals surface area (Å²) in [5.74, 6) is 0.00406. The molecule has 15 atom stereocenters. The predicted octanol–water partition coefficient (Wildman–Crippen LogP) is 12.0. The van der Waals surface area contributed by atoms with E-state index in [-0.39, 0.29) is 54.2 Å². The summed E-state index contributed by atoms with van der Waals surface area (Å²) < 4.78 is 57.0. The maximum Gasteiger partial charge on any atom is 0.217 e. The molecule has 6 unspecified atom stereocenters. The van der Waals surface area contributed by atoms with Crippen molar-refractivity contribution in [2.45, 2.75) is 199 Å². The molecule has 0 spiro atoms. The number of hydrogen-bond acceptors (Lipinski definition) is 11. The van der Waals surface area contributed by atoms with Crippen molar-refractivity contribution >= 4 is 11.7 Å². The van der Waals surface area contributed by atoms with Crippen LogP contribution in [0.15, 0.2) is 146 Å². The molecule has 2 heterocycles. The fraction of sp³-hybridized carbons (Fsp3) is 0.529. The molecule has 2 aliphatic heterocycles. The van der Waals surface area contributed by atoms with Crippen molar-refractivity contribution in [1.29, 1.82) is 0 Å². The second-order valence-electron chi connectivity index (χ2n) is 23.4. The van der Waals surface area contributed by atoms with Gasteiger partial charge in [-0.15, -0.1) is 0 Å². The lowest BCUT2D eigenvalue weighted by Crippen LogP contribution is -2.67. The lowest BCUT2D eigenvalue weighted by Gasteiger charge is -2.50. The molecule has 9 rings (SSSR count). The van der Waals surface area contributed by atoms with Crippen LogP contribution in [-0.2, 0) is 66.3 Å². The zero-order valence-corrected chi connectivity index (χ0v) is 48.1. The number of nitrogens with one attached hydrogen (secondary N) is 1. The molecule has 12 nitrogen and oxygen atoms in total. The zero-order valence-electron chi connectivity index (χ0n) is 48.1. The summed E-state index contributed by atoms with van der Waals surface area (Å²) in [5, 5.41) is 16.1. The molecule has 5 aromatic rings. The largest absolute Gasteiger partial charge is 0.388 e. The second-order valence-corrected chi connectivity index (χ2v) is 23.4. The highest BCUT2D eigenvalue weighted by Crippen LogP contribution is 2.44. The first kappa shape index (κ1) is 59.5. The summed E-state index contributed by atoms with van der Waals surface area (Å²) in [5.41, 5.74) is 4.67. The molecule has 5 aromatic carbocycles. The molecule has 0 bridgehead atoms. The molecular formula is C68H87NO11. The first-order valence-electron chi connectivity index (χ1n) is 29.7. The number of aliphatic hydroxyl groups excluding tert-OH is 1. The SMILES string of the molecule is CCC1CC(C)C[C@@H](O[C@@H]2O[C@@H](COC(c3ccccc3)(c3ccccc3)c3ccc(C)cc3)[C@H](O)C(O[C@@H](CC3CCCCC3)C(C)=O)C2NC(C)=O)[C@@H]1O[C@@H]1OC(C)[C@@H](C)[C@H](OCc2ccccc2)C1OCc1ccccc1. The number of benzene rings is 5. The van der Waals surface area contributed by atoms with Crippen LogP contribution in [0, 0.1) is 30.6 Å². The minimum Gasteiger partial charge on any atom is -0.388 e. The van der Waals surface area contributed by atoms with Crippen molar-refractivity contribution in [2.75, 3.05) is 6.61 Å². The van der Waals surface area contributed by atoms with Gasteiger partial charge < -0.3 is 48.3 Å². The quantitative estimate of drug-likeness (QED) is 0.0604.